The first kappa shape index (κ1) is 17.4. The second-order valence-corrected chi connectivity index (χ2v) is 6.51. The van der Waals surface area contributed by atoms with Gasteiger partial charge in [-0.05, 0) is 12.8 Å². The Bertz CT molecular complexity index is 371. The molecule has 2 N–H and O–H groups in total. The standard InChI is InChI=1S/C15H25F3N2O2/c16-15(17,18)14(22)8-10-20(11-9-14)13(21)19-12-6-4-2-1-3-5-7-12/h12,22H,1-11H2,(H,19,21). The van der Waals surface area contributed by atoms with Crippen LogP contribution in [0.4, 0.5) is 18.0 Å². The maximum Gasteiger partial charge on any atom is 0.417 e. The number of rotatable bonds is 1. The van der Waals surface area contributed by atoms with Crippen LogP contribution in [0.15, 0.2) is 0 Å². The van der Waals surface area contributed by atoms with Crippen molar-refractivity contribution in [2.75, 3.05) is 13.1 Å². The average molecular weight is 322 g/mol. The maximum absolute atomic E-state index is 12.7. The third-order valence-electron chi connectivity index (χ3n) is 4.84. The van der Waals surface area contributed by atoms with E-state index in [1.54, 1.807) is 0 Å². The zero-order valence-corrected chi connectivity index (χ0v) is 12.8. The Balaban J connectivity index is 1.82. The molecule has 0 spiro atoms. The molecule has 0 bridgehead atoms. The van der Waals surface area contributed by atoms with Gasteiger partial charge in [-0.15, -0.1) is 0 Å². The molecule has 7 heteroatoms. The number of hydrogen-bond acceptors (Lipinski definition) is 2. The van der Waals surface area contributed by atoms with Crippen LogP contribution in [-0.4, -0.2) is 46.9 Å². The van der Waals surface area contributed by atoms with Gasteiger partial charge >= 0.3 is 12.2 Å². The Morgan fingerprint density at radius 3 is 2.05 bits per heavy atom. The van der Waals surface area contributed by atoms with Gasteiger partial charge in [0.15, 0.2) is 5.60 Å². The molecule has 0 aromatic carbocycles. The van der Waals surface area contributed by atoms with Crippen molar-refractivity contribution in [2.45, 2.75) is 75.6 Å². The van der Waals surface area contributed by atoms with Crippen LogP contribution in [0.5, 0.6) is 0 Å². The average Bonchev–Trinajstić information content (AvgIpc) is 2.41. The molecule has 2 rings (SSSR count). The van der Waals surface area contributed by atoms with Gasteiger partial charge in [0.25, 0.3) is 0 Å². The summed E-state index contributed by atoms with van der Waals surface area (Å²) in [6.45, 7) is -0.122. The predicted molar refractivity (Wildman–Crippen MR) is 76.5 cm³/mol. The molecule has 0 unspecified atom stereocenters. The van der Waals surface area contributed by atoms with E-state index in [1.165, 1.54) is 24.2 Å². The third-order valence-corrected chi connectivity index (χ3v) is 4.84. The molecule has 1 saturated carbocycles. The molecule has 1 aliphatic heterocycles. The van der Waals surface area contributed by atoms with Crippen LogP contribution in [0, 0.1) is 0 Å². The molecule has 2 aliphatic rings. The Morgan fingerprint density at radius 1 is 1.05 bits per heavy atom. The van der Waals surface area contributed by atoms with Gasteiger partial charge in [0, 0.05) is 32.0 Å². The van der Waals surface area contributed by atoms with Gasteiger partial charge in [-0.3, -0.25) is 0 Å². The highest BCUT2D eigenvalue weighted by molar-refractivity contribution is 5.74. The highest BCUT2D eigenvalue weighted by Gasteiger charge is 2.54. The molecule has 1 saturated heterocycles. The van der Waals surface area contributed by atoms with Crippen LogP contribution in [0.3, 0.4) is 0 Å². The summed E-state index contributed by atoms with van der Waals surface area (Å²) in [5.41, 5.74) is -2.65. The van der Waals surface area contributed by atoms with Crippen LogP contribution in [-0.2, 0) is 0 Å². The number of amides is 2. The highest BCUT2D eigenvalue weighted by Crippen LogP contribution is 2.38. The number of nitrogens with one attached hydrogen (secondary N) is 1. The van der Waals surface area contributed by atoms with Crippen molar-refractivity contribution in [3.63, 3.8) is 0 Å². The summed E-state index contributed by atoms with van der Waals surface area (Å²) in [5.74, 6) is 0. The third kappa shape index (κ3) is 4.27. The fraction of sp³-hybridized carbons (Fsp3) is 0.933. The molecular formula is C15H25F3N2O2. The number of alkyl halides is 3. The summed E-state index contributed by atoms with van der Waals surface area (Å²) in [7, 11) is 0. The first-order chi connectivity index (χ1) is 10.3. The van der Waals surface area contributed by atoms with E-state index in [4.69, 9.17) is 0 Å². The van der Waals surface area contributed by atoms with E-state index in [2.05, 4.69) is 5.32 Å². The van der Waals surface area contributed by atoms with Gasteiger partial charge in [0.2, 0.25) is 0 Å². The van der Waals surface area contributed by atoms with Gasteiger partial charge in [0.1, 0.15) is 0 Å². The van der Waals surface area contributed by atoms with Crippen molar-refractivity contribution in [1.82, 2.24) is 10.2 Å². The predicted octanol–water partition coefficient (Wildman–Crippen LogP) is 3.20. The Hall–Kier alpha value is -0.980. The molecule has 1 heterocycles. The van der Waals surface area contributed by atoms with Crippen molar-refractivity contribution < 1.29 is 23.1 Å². The quantitative estimate of drug-likeness (QED) is 0.779. The van der Waals surface area contributed by atoms with Crippen molar-refractivity contribution >= 4 is 6.03 Å². The van der Waals surface area contributed by atoms with Gasteiger partial charge in [-0.2, -0.15) is 13.2 Å². The minimum Gasteiger partial charge on any atom is -0.380 e. The van der Waals surface area contributed by atoms with Crippen LogP contribution in [0.2, 0.25) is 0 Å². The van der Waals surface area contributed by atoms with Crippen LogP contribution in [0.25, 0.3) is 0 Å². The molecule has 128 valence electrons. The fourth-order valence-corrected chi connectivity index (χ4v) is 3.23. The molecule has 22 heavy (non-hydrogen) atoms. The first-order valence-corrected chi connectivity index (χ1v) is 8.16. The summed E-state index contributed by atoms with van der Waals surface area (Å²) in [6, 6.07) is -0.175. The van der Waals surface area contributed by atoms with Crippen LogP contribution >= 0.6 is 0 Å². The number of carbonyl (C=O) groups is 1. The smallest absolute Gasteiger partial charge is 0.380 e. The zero-order chi connectivity index (χ0) is 16.2. The van der Waals surface area contributed by atoms with Gasteiger partial charge in [0.05, 0.1) is 0 Å². The second kappa shape index (κ2) is 7.06. The Labute approximate surface area is 129 Å². The number of likely N-dealkylation sites (tertiary alicyclic amines) is 1. The minimum atomic E-state index is -4.63. The van der Waals surface area contributed by atoms with E-state index in [1.807, 2.05) is 0 Å². The SMILES string of the molecule is O=C(NC1CCCCCCC1)N1CCC(O)(C(F)(F)F)CC1. The topological polar surface area (TPSA) is 52.6 Å². The summed E-state index contributed by atoms with van der Waals surface area (Å²) >= 11 is 0. The molecule has 0 aromatic heterocycles. The number of carbonyl (C=O) groups excluding carboxylic acids is 1. The highest BCUT2D eigenvalue weighted by atomic mass is 19.4. The lowest BCUT2D eigenvalue weighted by molar-refractivity contribution is -0.271. The molecule has 1 aliphatic carbocycles. The number of urea groups is 1. The van der Waals surface area contributed by atoms with Crippen molar-refractivity contribution in [3.05, 3.63) is 0 Å². The molecule has 0 atom stereocenters. The van der Waals surface area contributed by atoms with Crippen molar-refractivity contribution in [1.29, 1.82) is 0 Å². The second-order valence-electron chi connectivity index (χ2n) is 6.51. The lowest BCUT2D eigenvalue weighted by atomic mass is 9.91. The van der Waals surface area contributed by atoms with E-state index in [-0.39, 0.29) is 25.2 Å². The number of nitrogens with zero attached hydrogens (tertiary/aromatic N) is 1. The van der Waals surface area contributed by atoms with Gasteiger partial charge in [-0.25, -0.2) is 4.79 Å². The Morgan fingerprint density at radius 2 is 1.55 bits per heavy atom. The monoisotopic (exact) mass is 322 g/mol. The van der Waals surface area contributed by atoms with Crippen molar-refractivity contribution in [3.8, 4) is 0 Å². The summed E-state index contributed by atoms with van der Waals surface area (Å²) in [6.07, 6.45) is 2.10. The first-order valence-electron chi connectivity index (χ1n) is 8.16. The normalized spacial score (nSPS) is 24.5. The molecule has 2 fully saturated rings. The summed E-state index contributed by atoms with van der Waals surface area (Å²) < 4.78 is 38.2. The van der Waals surface area contributed by atoms with E-state index < -0.39 is 24.6 Å². The zero-order valence-electron chi connectivity index (χ0n) is 12.8. The molecular weight excluding hydrogens is 297 g/mol. The molecule has 2 amide bonds. The van der Waals surface area contributed by atoms with E-state index in [9.17, 15) is 23.1 Å². The van der Waals surface area contributed by atoms with Crippen LogP contribution in [0.1, 0.15) is 57.8 Å². The number of halogens is 3. The summed E-state index contributed by atoms with van der Waals surface area (Å²) in [4.78, 5) is 13.6. The van der Waals surface area contributed by atoms with Crippen LogP contribution < -0.4 is 5.32 Å². The summed E-state index contributed by atoms with van der Waals surface area (Å²) in [5, 5.41) is 12.6. The van der Waals surface area contributed by atoms with Gasteiger partial charge in [-0.1, -0.05) is 32.1 Å². The molecule has 0 aromatic rings. The van der Waals surface area contributed by atoms with E-state index >= 15 is 0 Å². The fourth-order valence-electron chi connectivity index (χ4n) is 3.23. The van der Waals surface area contributed by atoms with E-state index in [0.29, 0.717) is 0 Å². The lowest BCUT2D eigenvalue weighted by Gasteiger charge is -2.39. The number of hydrogen-bond donors (Lipinski definition) is 2. The Kier molecular flexibility index (Phi) is 5.58. The molecule has 0 radical (unpaired) electrons. The molecule has 4 nitrogen and oxygen atoms in total. The van der Waals surface area contributed by atoms with E-state index in [0.717, 1.165) is 25.7 Å². The largest absolute Gasteiger partial charge is 0.417 e. The minimum absolute atomic E-state index is 0.0609. The lowest BCUT2D eigenvalue weighted by Crippen LogP contribution is -2.56. The maximum atomic E-state index is 12.7. The number of piperidine rings is 1. The number of aliphatic hydroxyl groups is 1. The van der Waals surface area contributed by atoms with Crippen molar-refractivity contribution in [2.24, 2.45) is 0 Å². The van der Waals surface area contributed by atoms with Gasteiger partial charge < -0.3 is 15.3 Å².